The fourth-order valence-corrected chi connectivity index (χ4v) is 11.3. The molecule has 0 fully saturated rings. The minimum absolute atomic E-state index is 0.0867. The third kappa shape index (κ3) is 11.3. The summed E-state index contributed by atoms with van der Waals surface area (Å²) in [7, 11) is 0. The highest BCUT2D eigenvalue weighted by molar-refractivity contribution is 6.97. The van der Waals surface area contributed by atoms with Gasteiger partial charge in [-0.25, -0.2) is 0 Å². The first kappa shape index (κ1) is 54.7. The van der Waals surface area contributed by atoms with E-state index in [0.29, 0.717) is 11.4 Å². The Morgan fingerprint density at radius 1 is 0.329 bits per heavy atom. The van der Waals surface area contributed by atoms with Crippen molar-refractivity contribution in [3.05, 3.63) is 262 Å². The van der Waals surface area contributed by atoms with E-state index in [4.69, 9.17) is 11.5 Å². The molecule has 0 aromatic heterocycles. The lowest BCUT2D eigenvalue weighted by Crippen LogP contribution is -2.58. The summed E-state index contributed by atoms with van der Waals surface area (Å²) in [5.41, 5.74) is 46.4. The minimum atomic E-state index is -0.0867. The second kappa shape index (κ2) is 23.3. The zero-order valence-electron chi connectivity index (χ0n) is 48.3. The van der Waals surface area contributed by atoms with Gasteiger partial charge in [-0.05, 0) is 231 Å². The molecule has 0 aliphatic rings. The molecule has 9 aromatic carbocycles. The summed E-state index contributed by atoms with van der Waals surface area (Å²) >= 11 is 0. The Labute approximate surface area is 471 Å². The van der Waals surface area contributed by atoms with Crippen molar-refractivity contribution < 1.29 is 0 Å². The Kier molecular flexibility index (Phi) is 16.1. The van der Waals surface area contributed by atoms with Gasteiger partial charge in [0.2, 0.25) is 6.71 Å². The molecule has 390 valence electrons. The van der Waals surface area contributed by atoms with Crippen LogP contribution in [-0.4, -0.2) is 6.71 Å². The van der Waals surface area contributed by atoms with Gasteiger partial charge in [0.1, 0.15) is 0 Å². The number of rotatable bonds is 9. The molecule has 0 aliphatic heterocycles. The second-order valence-electron chi connectivity index (χ2n) is 21.4. The quantitative estimate of drug-likeness (QED) is 0.0660. The molecule has 0 amide bonds. The average Bonchev–Trinajstić information content (AvgIpc) is 3.64. The van der Waals surface area contributed by atoms with Crippen molar-refractivity contribution in [2.24, 2.45) is 0 Å². The zero-order valence-corrected chi connectivity index (χ0v) is 48.3. The fraction of sp³-hybridized carbons (Fsp3) is 0.189. The standard InChI is InChI=1S/C74H71BN4/c1-45-20-14-15-21-62(45)44-61-28-26-58(27-29-61)34-41-65-46(2)52(8)72(53(9)47(65)3)75(73-54(10)48(4)66(49(5)55(73)11)42-35-59-30-37-63(38-31-59)78-70-24-18-16-22-68(70)76)74-56(12)50(6)67(51(7)57(74)13)43-36-60-32-39-64(40-33-60)79-71-25-19-17-23-69(71)77/h14-33,37-40,78-79H,44,76-77H2,1-13H3. The van der Waals surface area contributed by atoms with Gasteiger partial charge in [0.05, 0.1) is 22.7 Å². The number of para-hydroxylation sites is 4. The smallest absolute Gasteiger partial charge is 0.243 e. The van der Waals surface area contributed by atoms with Crippen LogP contribution in [0.15, 0.2) is 146 Å². The molecule has 0 saturated heterocycles. The highest BCUT2D eigenvalue weighted by atomic mass is 14.9. The summed E-state index contributed by atoms with van der Waals surface area (Å²) < 4.78 is 0. The van der Waals surface area contributed by atoms with Crippen LogP contribution in [0.25, 0.3) is 0 Å². The van der Waals surface area contributed by atoms with E-state index in [1.807, 2.05) is 48.5 Å². The number of aryl methyl sites for hydroxylation is 1. The van der Waals surface area contributed by atoms with Crippen molar-refractivity contribution in [3.63, 3.8) is 0 Å². The first-order valence-electron chi connectivity index (χ1n) is 27.3. The maximum Gasteiger partial charge on any atom is 0.243 e. The van der Waals surface area contributed by atoms with Gasteiger partial charge in [-0.1, -0.05) is 146 Å². The van der Waals surface area contributed by atoms with Crippen LogP contribution in [-0.2, 0) is 6.42 Å². The molecule has 0 saturated carbocycles. The number of nitrogen functional groups attached to an aromatic ring is 2. The number of hydrogen-bond donors (Lipinski definition) is 4. The molecule has 0 unspecified atom stereocenters. The van der Waals surface area contributed by atoms with Gasteiger partial charge in [-0.2, -0.15) is 0 Å². The topological polar surface area (TPSA) is 76.1 Å². The van der Waals surface area contributed by atoms with Crippen molar-refractivity contribution in [2.45, 2.75) is 96.4 Å². The molecular weight excluding hydrogens is 956 g/mol. The summed E-state index contributed by atoms with van der Waals surface area (Å²) in [6.07, 6.45) is 0.903. The van der Waals surface area contributed by atoms with Crippen molar-refractivity contribution >= 4 is 57.2 Å². The predicted octanol–water partition coefficient (Wildman–Crippen LogP) is 14.7. The van der Waals surface area contributed by atoms with Crippen LogP contribution in [0.5, 0.6) is 0 Å². The summed E-state index contributed by atoms with van der Waals surface area (Å²) in [5, 5.41) is 6.88. The molecule has 0 atom stereocenters. The van der Waals surface area contributed by atoms with Gasteiger partial charge >= 0.3 is 0 Å². The van der Waals surface area contributed by atoms with Crippen LogP contribution in [0.1, 0.15) is 117 Å². The SMILES string of the molecule is Cc1ccccc1Cc1ccc(C#Cc2c(C)c(C)c(B(c3c(C)c(C)c(C#Cc4ccc(Nc5ccccc5N)cc4)c(C)c3C)c3c(C)c(C)c(C#Cc4ccc(Nc5ccccc5N)cc4)c(C)c3C)c(C)c2C)cc1. The first-order chi connectivity index (χ1) is 37.9. The summed E-state index contributed by atoms with van der Waals surface area (Å²) in [6.45, 7) is 29.5. The van der Waals surface area contributed by atoms with E-state index >= 15 is 0 Å². The van der Waals surface area contributed by atoms with Gasteiger partial charge < -0.3 is 22.1 Å². The molecule has 0 spiro atoms. The van der Waals surface area contributed by atoms with E-state index in [9.17, 15) is 0 Å². The third-order valence-corrected chi connectivity index (χ3v) is 16.8. The van der Waals surface area contributed by atoms with Crippen molar-refractivity contribution in [3.8, 4) is 35.5 Å². The lowest BCUT2D eigenvalue weighted by molar-refractivity contribution is 1.16. The van der Waals surface area contributed by atoms with E-state index in [-0.39, 0.29) is 6.71 Å². The molecule has 9 rings (SSSR count). The van der Waals surface area contributed by atoms with Gasteiger partial charge in [-0.3, -0.25) is 0 Å². The molecule has 0 radical (unpaired) electrons. The molecular formula is C74H71BN4. The van der Waals surface area contributed by atoms with Crippen LogP contribution in [0.2, 0.25) is 0 Å². The number of hydrogen-bond acceptors (Lipinski definition) is 4. The molecule has 4 nitrogen and oxygen atoms in total. The molecule has 5 heteroatoms. The monoisotopic (exact) mass is 1030 g/mol. The van der Waals surface area contributed by atoms with E-state index in [1.165, 1.54) is 99.8 Å². The van der Waals surface area contributed by atoms with Crippen LogP contribution >= 0.6 is 0 Å². The number of anilines is 6. The Morgan fingerprint density at radius 3 is 0.962 bits per heavy atom. The van der Waals surface area contributed by atoms with Crippen LogP contribution < -0.4 is 38.5 Å². The zero-order chi connectivity index (χ0) is 56.2. The Bertz CT molecular complexity index is 3520. The van der Waals surface area contributed by atoms with E-state index < -0.39 is 0 Å². The molecule has 0 heterocycles. The van der Waals surface area contributed by atoms with E-state index in [1.54, 1.807) is 0 Å². The summed E-state index contributed by atoms with van der Waals surface area (Å²) in [5.74, 6) is 21.6. The lowest BCUT2D eigenvalue weighted by Gasteiger charge is -2.31. The Morgan fingerprint density at radius 2 is 0.633 bits per heavy atom. The highest BCUT2D eigenvalue weighted by Gasteiger charge is 2.35. The maximum atomic E-state index is 6.23. The van der Waals surface area contributed by atoms with E-state index in [0.717, 1.165) is 62.6 Å². The van der Waals surface area contributed by atoms with Gasteiger partial charge in [0.15, 0.2) is 0 Å². The van der Waals surface area contributed by atoms with Crippen LogP contribution in [0, 0.1) is 126 Å². The van der Waals surface area contributed by atoms with Crippen molar-refractivity contribution in [1.82, 2.24) is 0 Å². The first-order valence-corrected chi connectivity index (χ1v) is 27.3. The summed E-state index contributed by atoms with van der Waals surface area (Å²) in [4.78, 5) is 0. The fourth-order valence-electron chi connectivity index (χ4n) is 11.3. The predicted molar refractivity (Wildman–Crippen MR) is 340 cm³/mol. The maximum absolute atomic E-state index is 6.23. The van der Waals surface area contributed by atoms with Crippen LogP contribution in [0.4, 0.5) is 34.1 Å². The van der Waals surface area contributed by atoms with E-state index in [2.05, 4.69) is 233 Å². The number of benzene rings is 9. The largest absolute Gasteiger partial charge is 0.397 e. The Balaban J connectivity index is 1.14. The molecule has 79 heavy (non-hydrogen) atoms. The summed E-state index contributed by atoms with van der Waals surface area (Å²) in [6, 6.07) is 49.5. The van der Waals surface area contributed by atoms with Crippen molar-refractivity contribution in [2.75, 3.05) is 22.1 Å². The second-order valence-corrected chi connectivity index (χ2v) is 21.4. The molecule has 0 aliphatic carbocycles. The highest BCUT2D eigenvalue weighted by Crippen LogP contribution is 2.29. The average molecular weight is 1030 g/mol. The lowest BCUT2D eigenvalue weighted by atomic mass is 9.32. The Hall–Kier alpha value is -9.08. The van der Waals surface area contributed by atoms with Crippen molar-refractivity contribution in [1.29, 1.82) is 0 Å². The van der Waals surface area contributed by atoms with Gasteiger partial charge in [-0.15, -0.1) is 0 Å². The normalized spacial score (nSPS) is 10.7. The van der Waals surface area contributed by atoms with Crippen LogP contribution in [0.3, 0.4) is 0 Å². The molecule has 6 N–H and O–H groups in total. The number of nitrogens with two attached hydrogens (primary N) is 2. The van der Waals surface area contributed by atoms with Gasteiger partial charge in [0, 0.05) is 44.8 Å². The minimum Gasteiger partial charge on any atom is -0.397 e. The third-order valence-electron chi connectivity index (χ3n) is 16.8. The molecule has 0 bridgehead atoms. The van der Waals surface area contributed by atoms with Gasteiger partial charge in [0.25, 0.3) is 0 Å². The molecule has 9 aromatic rings. The number of nitrogens with one attached hydrogen (secondary N) is 2.